The van der Waals surface area contributed by atoms with E-state index >= 15 is 0 Å². The van der Waals surface area contributed by atoms with Crippen molar-refractivity contribution in [2.75, 3.05) is 6.61 Å². The zero-order chi connectivity index (χ0) is 15.5. The lowest BCUT2D eigenvalue weighted by Crippen LogP contribution is -2.31. The van der Waals surface area contributed by atoms with Gasteiger partial charge in [-0.15, -0.1) is 0 Å². The van der Waals surface area contributed by atoms with Gasteiger partial charge in [0.05, 0.1) is 18.2 Å². The summed E-state index contributed by atoms with van der Waals surface area (Å²) < 4.78 is 0. The number of para-hydroxylation sites is 1. The Morgan fingerprint density at radius 3 is 2.55 bits per heavy atom. The fraction of sp³-hybridized carbons (Fsp3) is 0.167. The van der Waals surface area contributed by atoms with Gasteiger partial charge in [0.2, 0.25) is 0 Å². The van der Waals surface area contributed by atoms with Gasteiger partial charge in [-0.05, 0) is 18.6 Å². The first kappa shape index (κ1) is 14.4. The number of benzene rings is 2. The first-order valence-electron chi connectivity index (χ1n) is 7.24. The first-order chi connectivity index (χ1) is 10.7. The third-order valence-electron chi connectivity index (χ3n) is 3.81. The molecule has 0 bridgehead atoms. The Hall–Kier alpha value is -2.59. The molecular formula is C18H18N2O2. The molecule has 0 saturated carbocycles. The molecule has 4 heteroatoms. The van der Waals surface area contributed by atoms with E-state index in [0.717, 1.165) is 22.2 Å². The molecule has 3 rings (SSSR count). The minimum Gasteiger partial charge on any atom is -0.394 e. The summed E-state index contributed by atoms with van der Waals surface area (Å²) in [6.07, 6.45) is 0. The average molecular weight is 294 g/mol. The van der Waals surface area contributed by atoms with Gasteiger partial charge in [-0.1, -0.05) is 48.5 Å². The lowest BCUT2D eigenvalue weighted by Gasteiger charge is -2.16. The van der Waals surface area contributed by atoms with Crippen molar-refractivity contribution in [1.29, 1.82) is 0 Å². The molecule has 1 heterocycles. The Balaban J connectivity index is 1.91. The molecular weight excluding hydrogens is 276 g/mol. The van der Waals surface area contributed by atoms with E-state index < -0.39 is 6.04 Å². The van der Waals surface area contributed by atoms with Gasteiger partial charge in [-0.2, -0.15) is 0 Å². The molecule has 0 radical (unpaired) electrons. The van der Waals surface area contributed by atoms with Crippen LogP contribution in [0.3, 0.4) is 0 Å². The van der Waals surface area contributed by atoms with Crippen molar-refractivity contribution >= 4 is 16.8 Å². The number of aromatic amines is 1. The van der Waals surface area contributed by atoms with Crippen LogP contribution in [0.2, 0.25) is 0 Å². The van der Waals surface area contributed by atoms with Crippen LogP contribution in [0.25, 0.3) is 10.9 Å². The fourth-order valence-corrected chi connectivity index (χ4v) is 2.72. The topological polar surface area (TPSA) is 65.1 Å². The summed E-state index contributed by atoms with van der Waals surface area (Å²) in [5.74, 6) is -0.183. The van der Waals surface area contributed by atoms with E-state index in [1.165, 1.54) is 0 Å². The minimum absolute atomic E-state index is 0.142. The number of nitrogens with one attached hydrogen (secondary N) is 2. The molecule has 112 valence electrons. The second kappa shape index (κ2) is 6.03. The molecule has 4 nitrogen and oxygen atoms in total. The van der Waals surface area contributed by atoms with Gasteiger partial charge in [-0.25, -0.2) is 0 Å². The van der Waals surface area contributed by atoms with Gasteiger partial charge < -0.3 is 15.4 Å². The van der Waals surface area contributed by atoms with Gasteiger partial charge in [0.1, 0.15) is 0 Å². The van der Waals surface area contributed by atoms with Crippen LogP contribution in [-0.4, -0.2) is 22.6 Å². The van der Waals surface area contributed by atoms with Crippen molar-refractivity contribution < 1.29 is 9.90 Å². The monoisotopic (exact) mass is 294 g/mol. The summed E-state index contributed by atoms with van der Waals surface area (Å²) >= 11 is 0. The van der Waals surface area contributed by atoms with Crippen LogP contribution >= 0.6 is 0 Å². The largest absolute Gasteiger partial charge is 0.394 e. The molecule has 1 aromatic heterocycles. The van der Waals surface area contributed by atoms with E-state index in [4.69, 9.17) is 0 Å². The lowest BCUT2D eigenvalue weighted by atomic mass is 10.1. The number of hydrogen-bond donors (Lipinski definition) is 3. The van der Waals surface area contributed by atoms with Gasteiger partial charge in [0.15, 0.2) is 0 Å². The van der Waals surface area contributed by atoms with Crippen LogP contribution in [0.4, 0.5) is 0 Å². The number of aliphatic hydroxyl groups excluding tert-OH is 1. The van der Waals surface area contributed by atoms with E-state index in [2.05, 4.69) is 10.3 Å². The van der Waals surface area contributed by atoms with Crippen molar-refractivity contribution in [2.24, 2.45) is 0 Å². The maximum Gasteiger partial charge on any atom is 0.254 e. The third kappa shape index (κ3) is 2.61. The number of carbonyl (C=O) groups excluding carboxylic acids is 1. The number of aryl methyl sites for hydroxylation is 1. The quantitative estimate of drug-likeness (QED) is 0.692. The van der Waals surface area contributed by atoms with Crippen LogP contribution in [0, 0.1) is 6.92 Å². The second-order valence-electron chi connectivity index (χ2n) is 5.29. The number of aliphatic hydroxyl groups is 1. The number of carbonyl (C=O) groups is 1. The number of H-pyrrole nitrogens is 1. The highest BCUT2D eigenvalue weighted by Gasteiger charge is 2.19. The standard InChI is InChI=1S/C18H18N2O2/c1-12-17(14-9-5-6-10-15(14)19-12)18(22)20-16(11-21)13-7-3-2-4-8-13/h2-10,16,19,21H,11H2,1H3,(H,20,22)/t16-/m1/s1. The normalized spacial score (nSPS) is 12.3. The van der Waals surface area contributed by atoms with Gasteiger partial charge in [0, 0.05) is 16.6 Å². The molecule has 1 amide bonds. The third-order valence-corrected chi connectivity index (χ3v) is 3.81. The number of hydrogen-bond acceptors (Lipinski definition) is 2. The Morgan fingerprint density at radius 1 is 1.14 bits per heavy atom. The molecule has 22 heavy (non-hydrogen) atoms. The van der Waals surface area contributed by atoms with E-state index in [0.29, 0.717) is 5.56 Å². The van der Waals surface area contributed by atoms with Crippen LogP contribution < -0.4 is 5.32 Å². The minimum atomic E-state index is -0.415. The van der Waals surface area contributed by atoms with E-state index in [-0.39, 0.29) is 12.5 Å². The molecule has 0 spiro atoms. The smallest absolute Gasteiger partial charge is 0.254 e. The lowest BCUT2D eigenvalue weighted by molar-refractivity contribution is 0.0917. The van der Waals surface area contributed by atoms with Gasteiger partial charge in [-0.3, -0.25) is 4.79 Å². The van der Waals surface area contributed by atoms with E-state index in [1.54, 1.807) is 0 Å². The molecule has 0 aliphatic heterocycles. The SMILES string of the molecule is Cc1[nH]c2ccccc2c1C(=O)N[C@H](CO)c1ccccc1. The summed E-state index contributed by atoms with van der Waals surface area (Å²) in [7, 11) is 0. The van der Waals surface area contributed by atoms with E-state index in [9.17, 15) is 9.90 Å². The zero-order valence-corrected chi connectivity index (χ0v) is 12.3. The highest BCUT2D eigenvalue weighted by Crippen LogP contribution is 2.23. The maximum absolute atomic E-state index is 12.6. The Bertz CT molecular complexity index is 793. The number of aromatic nitrogens is 1. The molecule has 0 fully saturated rings. The second-order valence-corrected chi connectivity index (χ2v) is 5.29. The van der Waals surface area contributed by atoms with Gasteiger partial charge in [0.25, 0.3) is 5.91 Å². The van der Waals surface area contributed by atoms with Crippen molar-refractivity contribution in [3.8, 4) is 0 Å². The molecule has 1 atom stereocenters. The van der Waals surface area contributed by atoms with Crippen LogP contribution in [0.15, 0.2) is 54.6 Å². The Labute approximate surface area is 128 Å². The predicted octanol–water partition coefficient (Wildman–Crippen LogP) is 2.94. The van der Waals surface area contributed by atoms with Gasteiger partial charge >= 0.3 is 0 Å². The van der Waals surface area contributed by atoms with Crippen molar-refractivity contribution in [3.05, 3.63) is 71.4 Å². The number of fused-ring (bicyclic) bond motifs is 1. The molecule has 0 unspecified atom stereocenters. The average Bonchev–Trinajstić information content (AvgIpc) is 2.89. The molecule has 0 saturated heterocycles. The van der Waals surface area contributed by atoms with Crippen molar-refractivity contribution in [2.45, 2.75) is 13.0 Å². The first-order valence-corrected chi connectivity index (χ1v) is 7.24. The number of amides is 1. The number of rotatable bonds is 4. The zero-order valence-electron chi connectivity index (χ0n) is 12.3. The van der Waals surface area contributed by atoms with Crippen molar-refractivity contribution in [1.82, 2.24) is 10.3 Å². The maximum atomic E-state index is 12.6. The molecule has 2 aromatic carbocycles. The highest BCUT2D eigenvalue weighted by atomic mass is 16.3. The van der Waals surface area contributed by atoms with Crippen LogP contribution in [0.1, 0.15) is 27.7 Å². The van der Waals surface area contributed by atoms with Crippen molar-refractivity contribution in [3.63, 3.8) is 0 Å². The molecule has 3 N–H and O–H groups in total. The Morgan fingerprint density at radius 2 is 1.82 bits per heavy atom. The summed E-state index contributed by atoms with van der Waals surface area (Å²) in [5, 5.41) is 13.4. The predicted molar refractivity (Wildman–Crippen MR) is 86.8 cm³/mol. The Kier molecular flexibility index (Phi) is 3.94. The van der Waals surface area contributed by atoms with Crippen LogP contribution in [-0.2, 0) is 0 Å². The van der Waals surface area contributed by atoms with E-state index in [1.807, 2.05) is 61.5 Å². The summed E-state index contributed by atoms with van der Waals surface area (Å²) in [5.41, 5.74) is 3.27. The summed E-state index contributed by atoms with van der Waals surface area (Å²) in [6, 6.07) is 16.8. The molecule has 0 aliphatic carbocycles. The fourth-order valence-electron chi connectivity index (χ4n) is 2.72. The highest BCUT2D eigenvalue weighted by molar-refractivity contribution is 6.08. The molecule has 0 aliphatic rings. The summed E-state index contributed by atoms with van der Waals surface area (Å²) in [6.45, 7) is 1.74. The summed E-state index contributed by atoms with van der Waals surface area (Å²) in [4.78, 5) is 15.9. The van der Waals surface area contributed by atoms with Crippen LogP contribution in [0.5, 0.6) is 0 Å². The molecule has 3 aromatic rings.